The van der Waals surface area contributed by atoms with Crippen LogP contribution in [-0.4, -0.2) is 43.4 Å². The molecule has 2 aliphatic rings. The fraction of sp³-hybridized carbons (Fsp3) is 0.538. The lowest BCUT2D eigenvalue weighted by molar-refractivity contribution is -0.385. The van der Waals surface area contributed by atoms with Gasteiger partial charge in [-0.05, 0) is 0 Å². The van der Waals surface area contributed by atoms with Gasteiger partial charge in [0.1, 0.15) is 11.3 Å². The smallest absolute Gasteiger partial charge is 0.275 e. The largest absolute Gasteiger partial charge is 0.378 e. The summed E-state index contributed by atoms with van der Waals surface area (Å²) in [5.74, 6) is -1.87. The number of nitro groups is 1. The second-order valence-electron chi connectivity index (χ2n) is 5.27. The molecule has 1 spiro atoms. The third-order valence-corrected chi connectivity index (χ3v) is 3.84. The van der Waals surface area contributed by atoms with Crippen LogP contribution in [0.15, 0.2) is 12.1 Å². The number of ether oxygens (including phenoxy) is 2. The standard InChI is InChI=1S/C13H14F2N2O4/c14-10-5-9(17(18)19)6-11(15)12(10)16-2-4-21-13(7-16)1-3-20-8-13/h5-6H,1-4,7-8H2. The molecule has 6 nitrogen and oxygen atoms in total. The van der Waals surface area contributed by atoms with Crippen LogP contribution in [0.5, 0.6) is 0 Å². The van der Waals surface area contributed by atoms with Gasteiger partial charge in [0.15, 0.2) is 11.6 Å². The van der Waals surface area contributed by atoms with Gasteiger partial charge in [-0.1, -0.05) is 0 Å². The van der Waals surface area contributed by atoms with Gasteiger partial charge in [0.2, 0.25) is 0 Å². The van der Waals surface area contributed by atoms with Gasteiger partial charge in [-0.15, -0.1) is 0 Å². The van der Waals surface area contributed by atoms with Crippen molar-refractivity contribution in [1.82, 2.24) is 0 Å². The fourth-order valence-electron chi connectivity index (χ4n) is 2.82. The zero-order valence-electron chi connectivity index (χ0n) is 11.2. The topological polar surface area (TPSA) is 64.8 Å². The first-order valence-electron chi connectivity index (χ1n) is 6.61. The lowest BCUT2D eigenvalue weighted by Gasteiger charge is -2.40. The number of benzene rings is 1. The molecule has 21 heavy (non-hydrogen) atoms. The summed E-state index contributed by atoms with van der Waals surface area (Å²) < 4.78 is 39.2. The predicted molar refractivity (Wildman–Crippen MR) is 69.3 cm³/mol. The highest BCUT2D eigenvalue weighted by Crippen LogP contribution is 2.34. The SMILES string of the molecule is O=[N+]([O-])c1cc(F)c(N2CCOC3(CCOC3)C2)c(F)c1. The van der Waals surface area contributed by atoms with Gasteiger partial charge in [0.25, 0.3) is 5.69 Å². The van der Waals surface area contributed by atoms with Gasteiger partial charge in [-0.3, -0.25) is 10.1 Å². The third-order valence-electron chi connectivity index (χ3n) is 3.84. The number of morpholine rings is 1. The quantitative estimate of drug-likeness (QED) is 0.616. The van der Waals surface area contributed by atoms with E-state index in [-0.39, 0.29) is 5.69 Å². The van der Waals surface area contributed by atoms with Crippen LogP contribution in [0.3, 0.4) is 0 Å². The molecule has 0 radical (unpaired) electrons. The highest BCUT2D eigenvalue weighted by molar-refractivity contribution is 5.54. The van der Waals surface area contributed by atoms with Crippen molar-refractivity contribution in [3.63, 3.8) is 0 Å². The van der Waals surface area contributed by atoms with Gasteiger partial charge in [0, 0.05) is 26.1 Å². The molecule has 2 heterocycles. The van der Waals surface area contributed by atoms with Crippen molar-refractivity contribution in [1.29, 1.82) is 0 Å². The summed E-state index contributed by atoms with van der Waals surface area (Å²) in [5.41, 5.74) is -1.38. The Hall–Kier alpha value is -1.80. The lowest BCUT2D eigenvalue weighted by atomic mass is 10.00. The van der Waals surface area contributed by atoms with E-state index in [4.69, 9.17) is 9.47 Å². The molecule has 2 fully saturated rings. The van der Waals surface area contributed by atoms with Gasteiger partial charge in [-0.25, -0.2) is 8.78 Å². The summed E-state index contributed by atoms with van der Waals surface area (Å²) in [5, 5.41) is 10.6. The van der Waals surface area contributed by atoms with E-state index >= 15 is 0 Å². The summed E-state index contributed by atoms with van der Waals surface area (Å²) in [6.07, 6.45) is 0.666. The highest BCUT2D eigenvalue weighted by Gasteiger charge is 2.41. The second kappa shape index (κ2) is 5.19. The molecule has 0 saturated carbocycles. The van der Waals surface area contributed by atoms with Crippen LogP contribution in [0.1, 0.15) is 6.42 Å². The molecule has 1 atom stereocenters. The Morgan fingerprint density at radius 1 is 1.29 bits per heavy atom. The van der Waals surface area contributed by atoms with E-state index in [1.165, 1.54) is 4.90 Å². The normalized spacial score (nSPS) is 25.5. The molecule has 2 aliphatic heterocycles. The maximum absolute atomic E-state index is 14.1. The molecule has 1 aromatic rings. The van der Waals surface area contributed by atoms with Crippen LogP contribution in [0.4, 0.5) is 20.2 Å². The number of anilines is 1. The summed E-state index contributed by atoms with van der Waals surface area (Å²) in [7, 11) is 0. The van der Waals surface area contributed by atoms with Crippen LogP contribution in [0.25, 0.3) is 0 Å². The Morgan fingerprint density at radius 2 is 2.00 bits per heavy atom. The molecule has 3 rings (SSSR count). The van der Waals surface area contributed by atoms with Crippen molar-refractivity contribution >= 4 is 11.4 Å². The second-order valence-corrected chi connectivity index (χ2v) is 5.27. The number of hydrogen-bond acceptors (Lipinski definition) is 5. The van der Waals surface area contributed by atoms with E-state index in [1.807, 2.05) is 0 Å². The molecule has 1 aromatic carbocycles. The van der Waals surface area contributed by atoms with Crippen molar-refractivity contribution in [2.75, 3.05) is 37.8 Å². The molecule has 1 unspecified atom stereocenters. The first kappa shape index (κ1) is 14.2. The van der Waals surface area contributed by atoms with Crippen molar-refractivity contribution in [3.8, 4) is 0 Å². The van der Waals surface area contributed by atoms with Gasteiger partial charge < -0.3 is 14.4 Å². The molecule has 114 valence electrons. The summed E-state index contributed by atoms with van der Waals surface area (Å²) in [6, 6.07) is 1.48. The van der Waals surface area contributed by atoms with Gasteiger partial charge in [0.05, 0.1) is 30.3 Å². The summed E-state index contributed by atoms with van der Waals surface area (Å²) >= 11 is 0. The highest BCUT2D eigenvalue weighted by atomic mass is 19.1. The third kappa shape index (κ3) is 2.56. The Balaban J connectivity index is 1.91. The predicted octanol–water partition coefficient (Wildman–Crippen LogP) is 1.87. The Morgan fingerprint density at radius 3 is 2.57 bits per heavy atom. The molecule has 2 saturated heterocycles. The van der Waals surface area contributed by atoms with Crippen molar-refractivity contribution < 1.29 is 23.2 Å². The van der Waals surface area contributed by atoms with Crippen molar-refractivity contribution in [2.45, 2.75) is 12.0 Å². The van der Waals surface area contributed by atoms with E-state index in [2.05, 4.69) is 0 Å². The van der Waals surface area contributed by atoms with Crippen LogP contribution >= 0.6 is 0 Å². The number of hydrogen-bond donors (Lipinski definition) is 0. The molecule has 0 amide bonds. The number of nitro benzene ring substituents is 1. The maximum atomic E-state index is 14.1. The van der Waals surface area contributed by atoms with Crippen molar-refractivity contribution in [2.24, 2.45) is 0 Å². The Labute approximate surface area is 119 Å². The molecular weight excluding hydrogens is 286 g/mol. The molecular formula is C13H14F2N2O4. The van der Waals surface area contributed by atoms with Crippen molar-refractivity contribution in [3.05, 3.63) is 33.9 Å². The molecule has 0 N–H and O–H groups in total. The average Bonchev–Trinajstić information content (AvgIpc) is 2.86. The van der Waals surface area contributed by atoms with Gasteiger partial charge in [-0.2, -0.15) is 0 Å². The van der Waals surface area contributed by atoms with E-state index in [0.717, 1.165) is 12.1 Å². The fourth-order valence-corrected chi connectivity index (χ4v) is 2.82. The number of non-ortho nitro benzene ring substituents is 1. The monoisotopic (exact) mass is 300 g/mol. The number of nitrogens with zero attached hydrogens (tertiary/aromatic N) is 2. The first-order valence-corrected chi connectivity index (χ1v) is 6.61. The Bertz CT molecular complexity index is 552. The van der Waals surface area contributed by atoms with Crippen LogP contribution in [-0.2, 0) is 9.47 Å². The number of rotatable bonds is 2. The van der Waals surface area contributed by atoms with Crippen LogP contribution < -0.4 is 4.90 Å². The minimum Gasteiger partial charge on any atom is -0.378 e. The Kier molecular flexibility index (Phi) is 3.50. The molecule has 0 aliphatic carbocycles. The molecule has 0 bridgehead atoms. The van der Waals surface area contributed by atoms with Gasteiger partial charge >= 0.3 is 0 Å². The molecule has 0 aromatic heterocycles. The molecule has 8 heteroatoms. The van der Waals surface area contributed by atoms with E-state index in [9.17, 15) is 18.9 Å². The summed E-state index contributed by atoms with van der Waals surface area (Å²) in [6.45, 7) is 1.91. The minimum atomic E-state index is -0.933. The van der Waals surface area contributed by atoms with Crippen LogP contribution in [0, 0.1) is 21.7 Å². The van der Waals surface area contributed by atoms with E-state index in [0.29, 0.717) is 39.3 Å². The van der Waals surface area contributed by atoms with Crippen LogP contribution in [0.2, 0.25) is 0 Å². The minimum absolute atomic E-state index is 0.241. The average molecular weight is 300 g/mol. The zero-order valence-corrected chi connectivity index (χ0v) is 11.2. The lowest BCUT2D eigenvalue weighted by Crippen LogP contribution is -2.53. The zero-order chi connectivity index (χ0) is 15.0. The summed E-state index contributed by atoms with van der Waals surface area (Å²) in [4.78, 5) is 11.3. The first-order chi connectivity index (χ1) is 10.0. The van der Waals surface area contributed by atoms with E-state index < -0.39 is 27.8 Å². The number of halogens is 2. The maximum Gasteiger partial charge on any atom is 0.275 e. The van der Waals surface area contributed by atoms with E-state index in [1.54, 1.807) is 0 Å².